The average Bonchev–Trinajstić information content (AvgIpc) is 3.38. The Morgan fingerprint density at radius 2 is 1.96 bits per heavy atom. The van der Waals surface area contributed by atoms with Crippen LogP contribution in [0.3, 0.4) is 0 Å². The Morgan fingerprint density at radius 1 is 1.14 bits per heavy atom. The van der Waals surface area contributed by atoms with Gasteiger partial charge in [0.2, 0.25) is 0 Å². The standard InChI is InChI=1S/C21H29N3O3.HI/c1-25-14-12-23-21(22-11-10-19-6-4-13-26-19)24-15-18-5-2-3-7-20(18)27-16-17-8-9-17;/h2-7,13,17H,8-12,14-16H2,1H3,(H2,22,23,24);1H. The van der Waals surface area contributed by atoms with Crippen molar-refractivity contribution in [1.82, 2.24) is 10.6 Å². The maximum atomic E-state index is 5.98. The highest BCUT2D eigenvalue weighted by atomic mass is 127. The van der Waals surface area contributed by atoms with Gasteiger partial charge in [-0.3, -0.25) is 0 Å². The minimum absolute atomic E-state index is 0. The third-order valence-electron chi connectivity index (χ3n) is 4.39. The number of nitrogens with zero attached hydrogens (tertiary/aromatic N) is 1. The number of hydrogen-bond acceptors (Lipinski definition) is 4. The maximum Gasteiger partial charge on any atom is 0.191 e. The van der Waals surface area contributed by atoms with E-state index < -0.39 is 0 Å². The van der Waals surface area contributed by atoms with Crippen molar-refractivity contribution in [2.45, 2.75) is 25.8 Å². The summed E-state index contributed by atoms with van der Waals surface area (Å²) in [6, 6.07) is 12.0. The van der Waals surface area contributed by atoms with Crippen LogP contribution in [-0.2, 0) is 17.7 Å². The molecule has 0 aliphatic heterocycles. The summed E-state index contributed by atoms with van der Waals surface area (Å²) in [5.74, 6) is 3.38. The topological polar surface area (TPSA) is 68.0 Å². The van der Waals surface area contributed by atoms with Crippen LogP contribution in [0.2, 0.25) is 0 Å². The maximum absolute atomic E-state index is 5.98. The highest BCUT2D eigenvalue weighted by Crippen LogP contribution is 2.30. The van der Waals surface area contributed by atoms with E-state index in [9.17, 15) is 0 Å². The van der Waals surface area contributed by atoms with Crippen molar-refractivity contribution in [3.63, 3.8) is 0 Å². The van der Waals surface area contributed by atoms with Crippen LogP contribution in [0.15, 0.2) is 52.1 Å². The molecule has 0 bridgehead atoms. The third kappa shape index (κ3) is 8.10. The molecule has 1 fully saturated rings. The van der Waals surface area contributed by atoms with Crippen molar-refractivity contribution < 1.29 is 13.9 Å². The first-order chi connectivity index (χ1) is 13.3. The first-order valence-electron chi connectivity index (χ1n) is 9.59. The third-order valence-corrected chi connectivity index (χ3v) is 4.39. The molecule has 7 heteroatoms. The van der Waals surface area contributed by atoms with Crippen LogP contribution < -0.4 is 15.4 Å². The molecule has 3 rings (SSSR count). The summed E-state index contributed by atoms with van der Waals surface area (Å²) >= 11 is 0. The molecule has 0 unspecified atom stereocenters. The van der Waals surface area contributed by atoms with E-state index in [0.717, 1.165) is 48.5 Å². The van der Waals surface area contributed by atoms with Gasteiger partial charge < -0.3 is 24.5 Å². The first-order valence-corrected chi connectivity index (χ1v) is 9.59. The predicted octanol–water partition coefficient (Wildman–Crippen LogP) is 3.61. The van der Waals surface area contributed by atoms with Crippen molar-refractivity contribution in [1.29, 1.82) is 0 Å². The van der Waals surface area contributed by atoms with Gasteiger partial charge in [-0.25, -0.2) is 4.99 Å². The first kappa shape index (κ1) is 22.5. The lowest BCUT2D eigenvalue weighted by Crippen LogP contribution is -2.40. The van der Waals surface area contributed by atoms with E-state index in [4.69, 9.17) is 18.9 Å². The number of nitrogens with one attached hydrogen (secondary N) is 2. The van der Waals surface area contributed by atoms with Crippen molar-refractivity contribution in [2.24, 2.45) is 10.9 Å². The summed E-state index contributed by atoms with van der Waals surface area (Å²) in [4.78, 5) is 4.72. The summed E-state index contributed by atoms with van der Waals surface area (Å²) in [6.07, 6.45) is 5.07. The molecule has 0 saturated heterocycles. The van der Waals surface area contributed by atoms with Gasteiger partial charge >= 0.3 is 0 Å². The number of aliphatic imine (C=N–C) groups is 1. The summed E-state index contributed by atoms with van der Waals surface area (Å²) in [7, 11) is 1.69. The number of para-hydroxylation sites is 1. The average molecular weight is 499 g/mol. The van der Waals surface area contributed by atoms with E-state index in [0.29, 0.717) is 19.7 Å². The lowest BCUT2D eigenvalue weighted by Gasteiger charge is -2.13. The molecule has 2 N–H and O–H groups in total. The van der Waals surface area contributed by atoms with Crippen molar-refractivity contribution in [2.75, 3.05) is 33.4 Å². The van der Waals surface area contributed by atoms with Crippen LogP contribution >= 0.6 is 24.0 Å². The minimum Gasteiger partial charge on any atom is -0.493 e. The highest BCUT2D eigenvalue weighted by Gasteiger charge is 2.22. The second kappa shape index (κ2) is 12.7. The zero-order valence-corrected chi connectivity index (χ0v) is 18.7. The molecule has 6 nitrogen and oxygen atoms in total. The van der Waals surface area contributed by atoms with Crippen LogP contribution in [0, 0.1) is 5.92 Å². The summed E-state index contributed by atoms with van der Waals surface area (Å²) < 4.78 is 16.5. The Hall–Kier alpha value is -1.74. The predicted molar refractivity (Wildman–Crippen MR) is 122 cm³/mol. The Labute approximate surface area is 184 Å². The van der Waals surface area contributed by atoms with E-state index in [1.807, 2.05) is 30.3 Å². The van der Waals surface area contributed by atoms with Gasteiger partial charge in [-0.1, -0.05) is 18.2 Å². The van der Waals surface area contributed by atoms with Crippen molar-refractivity contribution in [3.8, 4) is 5.75 Å². The number of rotatable bonds is 11. The monoisotopic (exact) mass is 499 g/mol. The SMILES string of the molecule is COCCNC(=NCc1ccccc1OCC1CC1)NCCc1ccco1.I. The molecular formula is C21H30IN3O3. The van der Waals surface area contributed by atoms with Gasteiger partial charge in [-0.05, 0) is 37.0 Å². The molecule has 28 heavy (non-hydrogen) atoms. The van der Waals surface area contributed by atoms with Crippen LogP contribution in [-0.4, -0.2) is 39.4 Å². The molecule has 0 atom stereocenters. The van der Waals surface area contributed by atoms with Gasteiger partial charge in [0, 0.05) is 32.2 Å². The lowest BCUT2D eigenvalue weighted by molar-refractivity contribution is 0.203. The van der Waals surface area contributed by atoms with Crippen LogP contribution in [0.4, 0.5) is 0 Å². The number of furan rings is 1. The second-order valence-electron chi connectivity index (χ2n) is 6.70. The molecule has 1 aromatic carbocycles. The number of benzene rings is 1. The molecule has 1 aliphatic rings. The molecule has 1 heterocycles. The summed E-state index contributed by atoms with van der Waals surface area (Å²) in [5.41, 5.74) is 1.09. The summed E-state index contributed by atoms with van der Waals surface area (Å²) in [5, 5.41) is 6.64. The molecule has 1 aliphatic carbocycles. The zero-order chi connectivity index (χ0) is 18.7. The number of guanidine groups is 1. The molecule has 1 saturated carbocycles. The molecule has 154 valence electrons. The fraction of sp³-hybridized carbons (Fsp3) is 0.476. The van der Waals surface area contributed by atoms with E-state index in [-0.39, 0.29) is 24.0 Å². The van der Waals surface area contributed by atoms with Gasteiger partial charge in [-0.15, -0.1) is 24.0 Å². The smallest absolute Gasteiger partial charge is 0.191 e. The van der Waals surface area contributed by atoms with E-state index in [1.165, 1.54) is 12.8 Å². The number of hydrogen-bond donors (Lipinski definition) is 2. The van der Waals surface area contributed by atoms with E-state index in [2.05, 4.69) is 16.7 Å². The van der Waals surface area contributed by atoms with Gasteiger partial charge in [0.05, 0.1) is 26.0 Å². The Balaban J connectivity index is 0.00000280. The Bertz CT molecular complexity index is 703. The van der Waals surface area contributed by atoms with Crippen LogP contribution in [0.25, 0.3) is 0 Å². The molecule has 0 radical (unpaired) electrons. The van der Waals surface area contributed by atoms with Gasteiger partial charge in [0.1, 0.15) is 11.5 Å². The Kier molecular flexibility index (Phi) is 10.2. The molecule has 0 spiro atoms. The molecule has 1 aromatic heterocycles. The normalized spacial score (nSPS) is 13.7. The number of methoxy groups -OCH3 is 1. The van der Waals surface area contributed by atoms with Crippen molar-refractivity contribution in [3.05, 3.63) is 54.0 Å². The second-order valence-corrected chi connectivity index (χ2v) is 6.70. The number of halogens is 1. The number of ether oxygens (including phenoxy) is 2. The quantitative estimate of drug-likeness (QED) is 0.214. The molecular weight excluding hydrogens is 469 g/mol. The van der Waals surface area contributed by atoms with E-state index in [1.54, 1.807) is 13.4 Å². The zero-order valence-electron chi connectivity index (χ0n) is 16.4. The molecule has 2 aromatic rings. The fourth-order valence-corrected chi connectivity index (χ4v) is 2.64. The highest BCUT2D eigenvalue weighted by molar-refractivity contribution is 14.0. The van der Waals surface area contributed by atoms with E-state index >= 15 is 0 Å². The van der Waals surface area contributed by atoms with Gasteiger partial charge in [0.25, 0.3) is 0 Å². The van der Waals surface area contributed by atoms with Gasteiger partial charge in [0.15, 0.2) is 5.96 Å². The van der Waals surface area contributed by atoms with Crippen LogP contribution in [0.1, 0.15) is 24.2 Å². The lowest BCUT2D eigenvalue weighted by atomic mass is 10.2. The summed E-state index contributed by atoms with van der Waals surface area (Å²) in [6.45, 7) is 3.43. The largest absolute Gasteiger partial charge is 0.493 e. The van der Waals surface area contributed by atoms with Crippen LogP contribution in [0.5, 0.6) is 5.75 Å². The fourth-order valence-electron chi connectivity index (χ4n) is 2.64. The van der Waals surface area contributed by atoms with Crippen molar-refractivity contribution >= 4 is 29.9 Å². The molecule has 0 amide bonds. The Morgan fingerprint density at radius 3 is 2.71 bits per heavy atom. The van der Waals surface area contributed by atoms with Gasteiger partial charge in [-0.2, -0.15) is 0 Å². The minimum atomic E-state index is 0.